The summed E-state index contributed by atoms with van der Waals surface area (Å²) in [5.74, 6) is 0.415. The van der Waals surface area contributed by atoms with Crippen molar-refractivity contribution >= 4 is 11.6 Å². The highest BCUT2D eigenvalue weighted by atomic mass is 16.5. The molecular weight excluding hydrogens is 270 g/mol. The second-order valence-corrected chi connectivity index (χ2v) is 5.47. The normalized spacial score (nSPS) is 21.5. The molecule has 0 aromatic heterocycles. The van der Waals surface area contributed by atoms with Crippen molar-refractivity contribution in [3.05, 3.63) is 24.3 Å². The van der Waals surface area contributed by atoms with Crippen molar-refractivity contribution in [3.8, 4) is 5.75 Å². The van der Waals surface area contributed by atoms with E-state index in [4.69, 9.17) is 15.2 Å². The number of nitrogens with two attached hydrogens (primary N) is 1. The molecule has 1 aromatic carbocycles. The molecule has 116 valence electrons. The molecule has 1 aliphatic rings. The van der Waals surface area contributed by atoms with Gasteiger partial charge in [-0.2, -0.15) is 0 Å². The smallest absolute Gasteiger partial charge is 0.231 e. The molecule has 0 saturated carbocycles. The quantitative estimate of drug-likeness (QED) is 0.800. The van der Waals surface area contributed by atoms with Crippen molar-refractivity contribution in [2.24, 2.45) is 11.7 Å². The number of likely N-dealkylation sites (N-methyl/N-ethyl adjacent to an activating group) is 1. The molecule has 0 spiro atoms. The first kappa shape index (κ1) is 15.8. The lowest BCUT2D eigenvalue weighted by molar-refractivity contribution is -0.120. The van der Waals surface area contributed by atoms with E-state index in [0.717, 1.165) is 18.0 Å². The van der Waals surface area contributed by atoms with Crippen LogP contribution in [0.1, 0.15) is 0 Å². The average Bonchev–Trinajstić information content (AvgIpc) is 2.87. The lowest BCUT2D eigenvalue weighted by atomic mass is 10.0. The van der Waals surface area contributed by atoms with E-state index >= 15 is 0 Å². The highest BCUT2D eigenvalue weighted by Crippen LogP contribution is 2.18. The summed E-state index contributed by atoms with van der Waals surface area (Å²) < 4.78 is 10.8. The molecule has 1 aliphatic heterocycles. The molecule has 6 nitrogen and oxygen atoms in total. The Kier molecular flexibility index (Phi) is 5.55. The third-order valence-corrected chi connectivity index (χ3v) is 3.39. The Labute approximate surface area is 125 Å². The Balaban J connectivity index is 1.83. The van der Waals surface area contributed by atoms with Crippen LogP contribution in [-0.2, 0) is 9.53 Å². The van der Waals surface area contributed by atoms with E-state index in [1.165, 1.54) is 0 Å². The van der Waals surface area contributed by atoms with Crippen molar-refractivity contribution in [2.45, 2.75) is 6.04 Å². The number of benzene rings is 1. The highest BCUT2D eigenvalue weighted by molar-refractivity contribution is 5.93. The summed E-state index contributed by atoms with van der Waals surface area (Å²) in [7, 11) is 4.00. The van der Waals surface area contributed by atoms with Gasteiger partial charge in [0.15, 0.2) is 0 Å². The fourth-order valence-electron chi connectivity index (χ4n) is 2.06. The standard InChI is InChI=1S/C15H23N3O3/c1-18(2)7-8-21-12-5-3-11(4-6-12)17-15(19)13-9-20-10-14(13)16/h3-6,13-14H,7-10,16H2,1-2H3,(H,17,19). The van der Waals surface area contributed by atoms with Crippen LogP contribution in [0.15, 0.2) is 24.3 Å². The molecule has 0 radical (unpaired) electrons. The van der Waals surface area contributed by atoms with Crippen molar-refractivity contribution in [1.82, 2.24) is 4.90 Å². The van der Waals surface area contributed by atoms with E-state index in [0.29, 0.717) is 19.8 Å². The van der Waals surface area contributed by atoms with Crippen LogP contribution >= 0.6 is 0 Å². The number of anilines is 1. The molecule has 2 rings (SSSR count). The van der Waals surface area contributed by atoms with E-state index in [1.54, 1.807) is 0 Å². The Morgan fingerprint density at radius 3 is 2.67 bits per heavy atom. The second kappa shape index (κ2) is 7.40. The third-order valence-electron chi connectivity index (χ3n) is 3.39. The van der Waals surface area contributed by atoms with Gasteiger partial charge in [0.25, 0.3) is 0 Å². The number of amides is 1. The van der Waals surface area contributed by atoms with Crippen LogP contribution in [0, 0.1) is 5.92 Å². The van der Waals surface area contributed by atoms with Crippen LogP contribution in [-0.4, -0.2) is 57.3 Å². The van der Waals surface area contributed by atoms with E-state index in [1.807, 2.05) is 38.4 Å². The molecule has 2 unspecified atom stereocenters. The fourth-order valence-corrected chi connectivity index (χ4v) is 2.06. The summed E-state index contributed by atoms with van der Waals surface area (Å²) in [6.45, 7) is 2.32. The second-order valence-electron chi connectivity index (χ2n) is 5.47. The number of nitrogens with one attached hydrogen (secondary N) is 1. The van der Waals surface area contributed by atoms with Gasteiger partial charge in [-0.1, -0.05) is 0 Å². The minimum absolute atomic E-state index is 0.0960. The number of rotatable bonds is 6. The molecule has 1 aromatic rings. The number of nitrogens with zero attached hydrogens (tertiary/aromatic N) is 1. The van der Waals surface area contributed by atoms with Gasteiger partial charge in [-0.3, -0.25) is 4.79 Å². The van der Waals surface area contributed by atoms with Crippen LogP contribution in [0.4, 0.5) is 5.69 Å². The largest absolute Gasteiger partial charge is 0.492 e. The van der Waals surface area contributed by atoms with Crippen molar-refractivity contribution < 1.29 is 14.3 Å². The van der Waals surface area contributed by atoms with Crippen LogP contribution < -0.4 is 15.8 Å². The van der Waals surface area contributed by atoms with Gasteiger partial charge in [0.2, 0.25) is 5.91 Å². The first-order valence-corrected chi connectivity index (χ1v) is 7.08. The van der Waals surface area contributed by atoms with Crippen LogP contribution in [0.2, 0.25) is 0 Å². The predicted octanol–water partition coefficient (Wildman–Crippen LogP) is 0.539. The summed E-state index contributed by atoms with van der Waals surface area (Å²) in [5, 5.41) is 2.85. The molecule has 0 aliphatic carbocycles. The Morgan fingerprint density at radius 1 is 1.38 bits per heavy atom. The number of hydrogen-bond donors (Lipinski definition) is 2. The zero-order chi connectivity index (χ0) is 15.2. The lowest BCUT2D eigenvalue weighted by Gasteiger charge is -2.14. The first-order chi connectivity index (χ1) is 10.1. The maximum Gasteiger partial charge on any atom is 0.231 e. The maximum absolute atomic E-state index is 12.0. The molecule has 1 amide bonds. The van der Waals surface area contributed by atoms with Crippen LogP contribution in [0.25, 0.3) is 0 Å². The molecular formula is C15H23N3O3. The van der Waals surface area contributed by atoms with Gasteiger partial charge in [-0.05, 0) is 38.4 Å². The summed E-state index contributed by atoms with van der Waals surface area (Å²) in [4.78, 5) is 14.1. The molecule has 0 bridgehead atoms. The lowest BCUT2D eigenvalue weighted by Crippen LogP contribution is -2.37. The SMILES string of the molecule is CN(C)CCOc1ccc(NC(=O)C2COCC2N)cc1. The minimum atomic E-state index is -0.277. The van der Waals surface area contributed by atoms with Gasteiger partial charge in [0.1, 0.15) is 12.4 Å². The third kappa shape index (κ3) is 4.70. The van der Waals surface area contributed by atoms with Gasteiger partial charge < -0.3 is 25.4 Å². The van der Waals surface area contributed by atoms with Gasteiger partial charge in [-0.15, -0.1) is 0 Å². The Hall–Kier alpha value is -1.63. The highest BCUT2D eigenvalue weighted by Gasteiger charge is 2.31. The van der Waals surface area contributed by atoms with Gasteiger partial charge in [-0.25, -0.2) is 0 Å². The predicted molar refractivity (Wildman–Crippen MR) is 81.4 cm³/mol. The molecule has 1 heterocycles. The van der Waals surface area contributed by atoms with E-state index in [9.17, 15) is 4.79 Å². The number of hydrogen-bond acceptors (Lipinski definition) is 5. The fraction of sp³-hybridized carbons (Fsp3) is 0.533. The minimum Gasteiger partial charge on any atom is -0.492 e. The molecule has 6 heteroatoms. The summed E-state index contributed by atoms with van der Waals surface area (Å²) in [6, 6.07) is 7.11. The molecule has 1 saturated heterocycles. The van der Waals surface area contributed by atoms with E-state index < -0.39 is 0 Å². The number of carbonyl (C=O) groups is 1. The molecule has 1 fully saturated rings. The average molecular weight is 293 g/mol. The zero-order valence-electron chi connectivity index (χ0n) is 12.5. The maximum atomic E-state index is 12.0. The summed E-state index contributed by atoms with van der Waals surface area (Å²) in [5.41, 5.74) is 6.56. The monoisotopic (exact) mass is 293 g/mol. The summed E-state index contributed by atoms with van der Waals surface area (Å²) >= 11 is 0. The molecule has 21 heavy (non-hydrogen) atoms. The number of ether oxygens (including phenoxy) is 2. The van der Waals surface area contributed by atoms with Crippen LogP contribution in [0.5, 0.6) is 5.75 Å². The summed E-state index contributed by atoms with van der Waals surface area (Å²) in [6.07, 6.45) is 0. The van der Waals surface area contributed by atoms with Crippen molar-refractivity contribution in [3.63, 3.8) is 0 Å². The van der Waals surface area contributed by atoms with Gasteiger partial charge >= 0.3 is 0 Å². The Morgan fingerprint density at radius 2 is 2.10 bits per heavy atom. The first-order valence-electron chi connectivity index (χ1n) is 7.08. The van der Waals surface area contributed by atoms with Gasteiger partial charge in [0, 0.05) is 18.3 Å². The van der Waals surface area contributed by atoms with E-state index in [2.05, 4.69) is 10.2 Å². The number of carbonyl (C=O) groups excluding carboxylic acids is 1. The topological polar surface area (TPSA) is 76.8 Å². The molecule has 3 N–H and O–H groups in total. The van der Waals surface area contributed by atoms with E-state index in [-0.39, 0.29) is 17.9 Å². The zero-order valence-corrected chi connectivity index (χ0v) is 12.5. The van der Waals surface area contributed by atoms with Gasteiger partial charge in [0.05, 0.1) is 19.1 Å². The van der Waals surface area contributed by atoms with Crippen molar-refractivity contribution in [1.29, 1.82) is 0 Å². The molecule has 2 atom stereocenters. The van der Waals surface area contributed by atoms with Crippen LogP contribution in [0.3, 0.4) is 0 Å². The Bertz CT molecular complexity index is 462. The van der Waals surface area contributed by atoms with Crippen molar-refractivity contribution in [2.75, 3.05) is 45.8 Å².